The first-order valence-electron chi connectivity index (χ1n) is 8.22. The molecule has 8 heteroatoms. The number of amides is 2. The van der Waals surface area contributed by atoms with E-state index in [1.165, 1.54) is 7.11 Å². The predicted molar refractivity (Wildman–Crippen MR) is 87.1 cm³/mol. The van der Waals surface area contributed by atoms with Gasteiger partial charge in [-0.05, 0) is 25.7 Å². The van der Waals surface area contributed by atoms with Crippen LogP contribution >= 0.6 is 0 Å². The highest BCUT2D eigenvalue weighted by atomic mass is 16.5. The van der Waals surface area contributed by atoms with Crippen LogP contribution in [-0.4, -0.2) is 55.5 Å². The van der Waals surface area contributed by atoms with Crippen LogP contribution in [0.15, 0.2) is 0 Å². The van der Waals surface area contributed by atoms with Crippen LogP contribution in [0.1, 0.15) is 51.4 Å². The van der Waals surface area contributed by atoms with Gasteiger partial charge < -0.3 is 20.5 Å². The van der Waals surface area contributed by atoms with E-state index in [1.807, 2.05) is 0 Å². The molecule has 8 nitrogen and oxygen atoms in total. The van der Waals surface area contributed by atoms with Gasteiger partial charge in [0.15, 0.2) is 5.78 Å². The molecule has 0 radical (unpaired) electrons. The van der Waals surface area contributed by atoms with E-state index in [9.17, 15) is 19.2 Å². The molecule has 0 aromatic heterocycles. The number of ether oxygens (including phenoxy) is 1. The number of unbranched alkanes of at least 4 members (excludes halogenated alkanes) is 2. The van der Waals surface area contributed by atoms with Crippen LogP contribution in [0.2, 0.25) is 0 Å². The third kappa shape index (κ3) is 13.7. The number of hydrogen-bond donors (Lipinski definition) is 3. The van der Waals surface area contributed by atoms with Crippen molar-refractivity contribution in [3.05, 3.63) is 0 Å². The van der Waals surface area contributed by atoms with Crippen LogP contribution in [0.25, 0.3) is 0 Å². The Hall–Kier alpha value is -1.96. The summed E-state index contributed by atoms with van der Waals surface area (Å²) in [6.45, 7) is 0.251. The van der Waals surface area contributed by atoms with Gasteiger partial charge in [-0.1, -0.05) is 0 Å². The molecule has 0 aromatic rings. The summed E-state index contributed by atoms with van der Waals surface area (Å²) in [5.74, 6) is -0.737. The van der Waals surface area contributed by atoms with Crippen molar-refractivity contribution in [2.45, 2.75) is 51.4 Å². The lowest BCUT2D eigenvalue weighted by Gasteiger charge is -2.07. The highest BCUT2D eigenvalue weighted by molar-refractivity contribution is 5.79. The van der Waals surface area contributed by atoms with Crippen LogP contribution < -0.4 is 10.6 Å². The fourth-order valence-corrected chi connectivity index (χ4v) is 1.92. The van der Waals surface area contributed by atoms with Gasteiger partial charge in [0, 0.05) is 38.8 Å². The van der Waals surface area contributed by atoms with Crippen LogP contribution in [-0.2, 0) is 23.9 Å². The number of rotatable bonds is 14. The van der Waals surface area contributed by atoms with Crippen molar-refractivity contribution in [2.75, 3.05) is 26.8 Å². The van der Waals surface area contributed by atoms with Crippen molar-refractivity contribution in [1.29, 1.82) is 0 Å². The van der Waals surface area contributed by atoms with E-state index in [2.05, 4.69) is 15.4 Å². The lowest BCUT2D eigenvalue weighted by molar-refractivity contribution is -0.140. The number of carbonyl (C=O) groups is 4. The maximum absolute atomic E-state index is 11.5. The largest absolute Gasteiger partial charge is 0.469 e. The number of Topliss-reactive ketones (excluding diaryl/α,β-unsaturated/α-hetero) is 1. The molecule has 2 amide bonds. The zero-order valence-electron chi connectivity index (χ0n) is 14.3. The fraction of sp³-hybridized carbons (Fsp3) is 0.750. The van der Waals surface area contributed by atoms with Gasteiger partial charge in [-0.15, -0.1) is 0 Å². The maximum atomic E-state index is 11.5. The summed E-state index contributed by atoms with van der Waals surface area (Å²) in [5, 5.41) is 13.9. The van der Waals surface area contributed by atoms with Gasteiger partial charge in [0.1, 0.15) is 6.61 Å². The van der Waals surface area contributed by atoms with E-state index in [-0.39, 0.29) is 30.0 Å². The molecule has 0 aromatic carbocycles. The smallest absolute Gasteiger partial charge is 0.305 e. The van der Waals surface area contributed by atoms with Crippen molar-refractivity contribution < 1.29 is 29.0 Å². The molecule has 0 fully saturated rings. The number of carbonyl (C=O) groups excluding carboxylic acids is 4. The SMILES string of the molecule is COC(=O)CCCCC(=O)NCCNC(=O)CCCCC(=O)CO. The Labute approximate surface area is 142 Å². The van der Waals surface area contributed by atoms with Gasteiger partial charge in [0.05, 0.1) is 7.11 Å². The van der Waals surface area contributed by atoms with E-state index in [1.54, 1.807) is 0 Å². The van der Waals surface area contributed by atoms with Crippen LogP contribution in [0.4, 0.5) is 0 Å². The topological polar surface area (TPSA) is 122 Å². The third-order valence-corrected chi connectivity index (χ3v) is 3.32. The standard InChI is InChI=1S/C16H28N2O6/c1-24-16(23)9-5-4-8-15(22)18-11-10-17-14(21)7-3-2-6-13(20)12-19/h19H,2-12H2,1H3,(H,17,21)(H,18,22). The first-order chi connectivity index (χ1) is 11.5. The highest BCUT2D eigenvalue weighted by Crippen LogP contribution is 2.01. The Kier molecular flexibility index (Phi) is 13.4. The molecule has 3 N–H and O–H groups in total. The summed E-state index contributed by atoms with van der Waals surface area (Å²) in [6.07, 6.45) is 3.64. The van der Waals surface area contributed by atoms with E-state index in [0.717, 1.165) is 0 Å². The van der Waals surface area contributed by atoms with Crippen molar-refractivity contribution in [3.8, 4) is 0 Å². The van der Waals surface area contributed by atoms with Gasteiger partial charge in [-0.3, -0.25) is 19.2 Å². The zero-order valence-corrected chi connectivity index (χ0v) is 14.3. The minimum absolute atomic E-state index is 0.114. The zero-order chi connectivity index (χ0) is 18.2. The Balaban J connectivity index is 3.47. The fourth-order valence-electron chi connectivity index (χ4n) is 1.92. The molecule has 0 heterocycles. The average molecular weight is 344 g/mol. The number of ketones is 1. The Morgan fingerprint density at radius 2 is 1.25 bits per heavy atom. The van der Waals surface area contributed by atoms with Gasteiger partial charge in [0.2, 0.25) is 11.8 Å². The normalized spacial score (nSPS) is 10.1. The van der Waals surface area contributed by atoms with Crippen LogP contribution in [0, 0.1) is 0 Å². The summed E-state index contributed by atoms with van der Waals surface area (Å²) in [5.41, 5.74) is 0. The molecule has 24 heavy (non-hydrogen) atoms. The molecule has 0 saturated carbocycles. The first kappa shape index (κ1) is 22.0. The lowest BCUT2D eigenvalue weighted by Crippen LogP contribution is -2.34. The minimum atomic E-state index is -0.450. The Morgan fingerprint density at radius 1 is 0.792 bits per heavy atom. The van der Waals surface area contributed by atoms with Gasteiger partial charge in [0.25, 0.3) is 0 Å². The average Bonchev–Trinajstić information content (AvgIpc) is 2.58. The molecule has 138 valence electrons. The second-order valence-corrected chi connectivity index (χ2v) is 5.39. The highest BCUT2D eigenvalue weighted by Gasteiger charge is 2.05. The van der Waals surface area contributed by atoms with Crippen LogP contribution in [0.3, 0.4) is 0 Å². The van der Waals surface area contributed by atoms with Gasteiger partial charge >= 0.3 is 5.97 Å². The number of methoxy groups -OCH3 is 1. The molecule has 0 atom stereocenters. The summed E-state index contributed by atoms with van der Waals surface area (Å²) in [7, 11) is 1.33. The number of aliphatic hydroxyl groups is 1. The van der Waals surface area contributed by atoms with Crippen molar-refractivity contribution in [3.63, 3.8) is 0 Å². The summed E-state index contributed by atoms with van der Waals surface area (Å²) in [6, 6.07) is 0. The Morgan fingerprint density at radius 3 is 1.71 bits per heavy atom. The maximum Gasteiger partial charge on any atom is 0.305 e. The number of nitrogens with one attached hydrogen (secondary N) is 2. The number of hydrogen-bond acceptors (Lipinski definition) is 6. The van der Waals surface area contributed by atoms with Crippen molar-refractivity contribution >= 4 is 23.6 Å². The molecule has 0 aliphatic rings. The first-order valence-corrected chi connectivity index (χ1v) is 8.22. The summed E-state index contributed by atoms with van der Waals surface area (Å²) >= 11 is 0. The monoisotopic (exact) mass is 344 g/mol. The summed E-state index contributed by atoms with van der Waals surface area (Å²) < 4.78 is 4.50. The third-order valence-electron chi connectivity index (χ3n) is 3.32. The van der Waals surface area contributed by atoms with E-state index >= 15 is 0 Å². The molecule has 0 aliphatic heterocycles. The van der Waals surface area contributed by atoms with Crippen molar-refractivity contribution in [2.24, 2.45) is 0 Å². The molecule has 0 unspecified atom stereocenters. The van der Waals surface area contributed by atoms with E-state index in [4.69, 9.17) is 5.11 Å². The number of aliphatic hydroxyl groups excluding tert-OH is 1. The molecular weight excluding hydrogens is 316 g/mol. The molecule has 0 rings (SSSR count). The quantitative estimate of drug-likeness (QED) is 0.303. The minimum Gasteiger partial charge on any atom is -0.469 e. The molecule has 0 spiro atoms. The van der Waals surface area contributed by atoms with E-state index in [0.29, 0.717) is 58.0 Å². The van der Waals surface area contributed by atoms with Gasteiger partial charge in [-0.2, -0.15) is 0 Å². The van der Waals surface area contributed by atoms with Crippen molar-refractivity contribution in [1.82, 2.24) is 10.6 Å². The molecule has 0 saturated heterocycles. The van der Waals surface area contributed by atoms with Crippen LogP contribution in [0.5, 0.6) is 0 Å². The van der Waals surface area contributed by atoms with Gasteiger partial charge in [-0.25, -0.2) is 0 Å². The molecule has 0 bridgehead atoms. The second-order valence-electron chi connectivity index (χ2n) is 5.39. The van der Waals surface area contributed by atoms with E-state index < -0.39 is 6.61 Å². The molecular formula is C16H28N2O6. The summed E-state index contributed by atoms with van der Waals surface area (Å²) in [4.78, 5) is 44.8. The second kappa shape index (κ2) is 14.6. The number of esters is 1. The Bertz CT molecular complexity index is 373. The molecule has 0 aliphatic carbocycles. The lowest BCUT2D eigenvalue weighted by atomic mass is 10.1. The predicted octanol–water partition coefficient (Wildman–Crippen LogP) is 0.0740.